The van der Waals surface area contributed by atoms with E-state index in [0.29, 0.717) is 5.56 Å². The van der Waals surface area contributed by atoms with Gasteiger partial charge >= 0.3 is 0 Å². The van der Waals surface area contributed by atoms with Crippen LogP contribution in [0.3, 0.4) is 0 Å². The summed E-state index contributed by atoms with van der Waals surface area (Å²) in [4.78, 5) is 9.91. The molecule has 9 nitrogen and oxygen atoms in total. The number of aromatic hydroxyl groups is 1. The molecule has 0 bridgehead atoms. The first-order chi connectivity index (χ1) is 10.8. The molecule has 2 aromatic rings. The van der Waals surface area contributed by atoms with Gasteiger partial charge in [0.1, 0.15) is 11.4 Å². The van der Waals surface area contributed by atoms with E-state index in [1.807, 2.05) is 0 Å². The van der Waals surface area contributed by atoms with Crippen molar-refractivity contribution in [2.75, 3.05) is 5.43 Å². The molecule has 120 valence electrons. The van der Waals surface area contributed by atoms with Crippen molar-refractivity contribution < 1.29 is 18.4 Å². The van der Waals surface area contributed by atoms with Crippen molar-refractivity contribution >= 4 is 27.6 Å². The minimum atomic E-state index is -4.04. The summed E-state index contributed by atoms with van der Waals surface area (Å²) in [5.74, 6) is 0.0532. The predicted molar refractivity (Wildman–Crippen MR) is 83.8 cm³/mol. The first kappa shape index (κ1) is 16.4. The molecule has 0 amide bonds. The van der Waals surface area contributed by atoms with Crippen molar-refractivity contribution in [3.63, 3.8) is 0 Å². The van der Waals surface area contributed by atoms with Gasteiger partial charge in [-0.2, -0.15) is 5.10 Å². The van der Waals surface area contributed by atoms with Crippen molar-refractivity contribution in [1.29, 1.82) is 0 Å². The van der Waals surface area contributed by atoms with E-state index in [1.165, 1.54) is 24.4 Å². The van der Waals surface area contributed by atoms with Gasteiger partial charge in [0.15, 0.2) is 0 Å². The van der Waals surface area contributed by atoms with Crippen LogP contribution in [-0.2, 0) is 10.0 Å². The molecule has 2 aromatic carbocycles. The Kier molecular flexibility index (Phi) is 4.57. The zero-order chi connectivity index (χ0) is 17.0. The van der Waals surface area contributed by atoms with Gasteiger partial charge in [-0.1, -0.05) is 12.1 Å². The average Bonchev–Trinajstić information content (AvgIpc) is 2.46. The molecule has 10 heteroatoms. The molecule has 0 heterocycles. The van der Waals surface area contributed by atoms with Crippen molar-refractivity contribution in [3.8, 4) is 5.75 Å². The third-order valence-corrected chi connectivity index (χ3v) is 3.67. The monoisotopic (exact) mass is 336 g/mol. The molecule has 0 aromatic heterocycles. The lowest BCUT2D eigenvalue weighted by molar-refractivity contribution is -0.384. The molecule has 0 unspecified atom stereocenters. The van der Waals surface area contributed by atoms with E-state index in [-0.39, 0.29) is 16.3 Å². The van der Waals surface area contributed by atoms with Gasteiger partial charge in [0.2, 0.25) is 10.0 Å². The highest BCUT2D eigenvalue weighted by Gasteiger charge is 2.18. The number of phenols is 1. The van der Waals surface area contributed by atoms with Crippen molar-refractivity contribution in [2.24, 2.45) is 10.2 Å². The zero-order valence-electron chi connectivity index (χ0n) is 11.6. The molecule has 0 saturated heterocycles. The number of nitro benzene ring substituents is 1. The minimum Gasteiger partial charge on any atom is -0.508 e. The highest BCUT2D eigenvalue weighted by atomic mass is 32.2. The number of rotatable bonds is 5. The maximum Gasteiger partial charge on any atom is 0.295 e. The number of phenolic OH excluding ortho intramolecular Hbond substituents is 1. The summed E-state index contributed by atoms with van der Waals surface area (Å²) in [6.07, 6.45) is 1.34. The molecule has 0 radical (unpaired) electrons. The van der Waals surface area contributed by atoms with Crippen LogP contribution in [0, 0.1) is 10.1 Å². The van der Waals surface area contributed by atoms with Gasteiger partial charge in [-0.3, -0.25) is 15.5 Å². The Hall–Kier alpha value is -2.98. The van der Waals surface area contributed by atoms with Crippen LogP contribution in [0.2, 0.25) is 0 Å². The largest absolute Gasteiger partial charge is 0.508 e. The van der Waals surface area contributed by atoms with Gasteiger partial charge in [0.05, 0.1) is 16.0 Å². The Morgan fingerprint density at radius 1 is 1.26 bits per heavy atom. The lowest BCUT2D eigenvalue weighted by Gasteiger charge is -2.04. The highest BCUT2D eigenvalue weighted by molar-refractivity contribution is 7.89. The van der Waals surface area contributed by atoms with Crippen LogP contribution >= 0.6 is 0 Å². The molecular formula is C13H12N4O5S. The smallest absolute Gasteiger partial charge is 0.295 e. The van der Waals surface area contributed by atoms with Gasteiger partial charge in [-0.05, 0) is 29.8 Å². The second-order valence-corrected chi connectivity index (χ2v) is 6.01. The van der Waals surface area contributed by atoms with E-state index in [4.69, 9.17) is 5.14 Å². The summed E-state index contributed by atoms with van der Waals surface area (Å²) in [6.45, 7) is 0. The fourth-order valence-electron chi connectivity index (χ4n) is 1.72. The van der Waals surface area contributed by atoms with Gasteiger partial charge in [-0.25, -0.2) is 13.6 Å². The van der Waals surface area contributed by atoms with Crippen LogP contribution in [0.5, 0.6) is 5.75 Å². The highest BCUT2D eigenvalue weighted by Crippen LogP contribution is 2.27. The number of hydrogen-bond acceptors (Lipinski definition) is 7. The molecule has 0 aliphatic rings. The van der Waals surface area contributed by atoms with E-state index < -0.39 is 20.6 Å². The van der Waals surface area contributed by atoms with Crippen LogP contribution < -0.4 is 10.6 Å². The van der Waals surface area contributed by atoms with E-state index >= 15 is 0 Å². The molecule has 0 saturated carbocycles. The Balaban J connectivity index is 2.27. The summed E-state index contributed by atoms with van der Waals surface area (Å²) < 4.78 is 22.5. The second kappa shape index (κ2) is 6.42. The Morgan fingerprint density at radius 2 is 2.00 bits per heavy atom. The van der Waals surface area contributed by atoms with Crippen LogP contribution in [0.1, 0.15) is 5.56 Å². The van der Waals surface area contributed by atoms with E-state index in [2.05, 4.69) is 10.5 Å². The van der Waals surface area contributed by atoms with Crippen molar-refractivity contribution in [3.05, 3.63) is 58.1 Å². The molecule has 0 aliphatic carbocycles. The Bertz CT molecular complexity index is 880. The number of nitrogens with one attached hydrogen (secondary N) is 1. The standard InChI is InChI=1S/C13H12N4O5S/c14-23(21,22)11-4-5-12(13(7-11)17(19)20)16-15-8-9-2-1-3-10(18)6-9/h1-8,16,18H,(H2,14,21,22)/b15-8-. The number of benzene rings is 2. The fourth-order valence-corrected chi connectivity index (χ4v) is 2.25. The summed E-state index contributed by atoms with van der Waals surface area (Å²) in [7, 11) is -4.04. The minimum absolute atomic E-state index is 0.00111. The van der Waals surface area contributed by atoms with Crippen molar-refractivity contribution in [2.45, 2.75) is 4.90 Å². The molecule has 0 atom stereocenters. The summed E-state index contributed by atoms with van der Waals surface area (Å²) in [5, 5.41) is 29.1. The molecule has 4 N–H and O–H groups in total. The lowest BCUT2D eigenvalue weighted by Crippen LogP contribution is -2.12. The first-order valence-electron chi connectivity index (χ1n) is 6.17. The zero-order valence-corrected chi connectivity index (χ0v) is 12.4. The summed E-state index contributed by atoms with van der Waals surface area (Å²) in [6, 6.07) is 9.39. The molecular weight excluding hydrogens is 324 g/mol. The maximum absolute atomic E-state index is 11.2. The third kappa shape index (κ3) is 4.25. The number of primary sulfonamides is 1. The van der Waals surface area contributed by atoms with Gasteiger partial charge in [-0.15, -0.1) is 0 Å². The number of nitrogens with zero attached hydrogens (tertiary/aromatic N) is 2. The SMILES string of the molecule is NS(=O)(=O)c1ccc(N/N=C\c2cccc(O)c2)c([N+](=O)[O-])c1. The van der Waals surface area contributed by atoms with Gasteiger partial charge in [0, 0.05) is 6.07 Å². The fraction of sp³-hybridized carbons (Fsp3) is 0. The Morgan fingerprint density at radius 3 is 2.61 bits per heavy atom. The quantitative estimate of drug-likeness (QED) is 0.427. The summed E-state index contributed by atoms with van der Waals surface area (Å²) >= 11 is 0. The number of anilines is 1. The van der Waals surface area contributed by atoms with Gasteiger partial charge < -0.3 is 5.11 Å². The van der Waals surface area contributed by atoms with E-state index in [1.54, 1.807) is 12.1 Å². The predicted octanol–water partition coefficient (Wildman–Crippen LogP) is 1.39. The topological polar surface area (TPSA) is 148 Å². The average molecular weight is 336 g/mol. The second-order valence-electron chi connectivity index (χ2n) is 4.45. The third-order valence-electron chi connectivity index (χ3n) is 2.76. The van der Waals surface area contributed by atoms with Crippen LogP contribution in [-0.4, -0.2) is 24.7 Å². The molecule has 0 spiro atoms. The number of nitro groups is 1. The molecule has 0 fully saturated rings. The van der Waals surface area contributed by atoms with Crippen LogP contribution in [0.15, 0.2) is 52.5 Å². The maximum atomic E-state index is 11.2. The Labute approximate surface area is 131 Å². The number of hydrogen-bond donors (Lipinski definition) is 3. The van der Waals surface area contributed by atoms with Crippen molar-refractivity contribution in [1.82, 2.24) is 0 Å². The first-order valence-corrected chi connectivity index (χ1v) is 7.71. The normalized spacial score (nSPS) is 11.5. The summed E-state index contributed by atoms with van der Waals surface area (Å²) in [5.41, 5.74) is 2.54. The van der Waals surface area contributed by atoms with Gasteiger partial charge in [0.25, 0.3) is 5.69 Å². The lowest BCUT2D eigenvalue weighted by atomic mass is 10.2. The van der Waals surface area contributed by atoms with E-state index in [0.717, 1.165) is 12.1 Å². The number of nitrogens with two attached hydrogens (primary N) is 1. The van der Waals surface area contributed by atoms with Crippen LogP contribution in [0.4, 0.5) is 11.4 Å². The number of hydrazone groups is 1. The van der Waals surface area contributed by atoms with E-state index in [9.17, 15) is 23.6 Å². The molecule has 23 heavy (non-hydrogen) atoms. The van der Waals surface area contributed by atoms with Crippen LogP contribution in [0.25, 0.3) is 0 Å². The number of sulfonamides is 1. The molecule has 0 aliphatic heterocycles. The molecule has 2 rings (SSSR count).